The Bertz CT molecular complexity index is 1760. The first-order valence-electron chi connectivity index (χ1n) is 14.1. The summed E-state index contributed by atoms with van der Waals surface area (Å²) in [7, 11) is 4.47. The number of nitrogens with two attached hydrogens (primary N) is 1. The van der Waals surface area contributed by atoms with Gasteiger partial charge in [-0.15, -0.1) is 0 Å². The largest absolute Gasteiger partial charge is 0.497 e. The summed E-state index contributed by atoms with van der Waals surface area (Å²) < 4.78 is 65.3. The number of piperidine rings is 1. The number of nitrogens with zero attached hydrogens (tertiary/aromatic N) is 7. The van der Waals surface area contributed by atoms with Crippen LogP contribution in [-0.2, 0) is 9.53 Å². The minimum atomic E-state index is -5.08. The number of halogens is 4. The fourth-order valence-electron chi connectivity index (χ4n) is 4.71. The highest BCUT2D eigenvalue weighted by molar-refractivity contribution is 5.73. The molecule has 5 rings (SSSR count). The highest BCUT2D eigenvalue weighted by Gasteiger charge is 2.38. The van der Waals surface area contributed by atoms with Gasteiger partial charge >= 0.3 is 12.1 Å². The minimum absolute atomic E-state index is 0.0904. The molecule has 0 unspecified atom stereocenters. The number of likely N-dealkylation sites (tertiary alicyclic amines) is 1. The van der Waals surface area contributed by atoms with Crippen LogP contribution in [0.15, 0.2) is 47.7 Å². The number of hydrogen-bond donors (Lipinski definition) is 2. The summed E-state index contributed by atoms with van der Waals surface area (Å²) in [5.74, 6) is -3.20. The molecule has 0 spiro atoms. The zero-order chi connectivity index (χ0) is 34.3. The third-order valence-corrected chi connectivity index (χ3v) is 7.20. The number of alkyl halides is 3. The van der Waals surface area contributed by atoms with Crippen LogP contribution >= 0.6 is 0 Å². The van der Waals surface area contributed by atoms with Crippen molar-refractivity contribution in [2.24, 2.45) is 0 Å². The number of carboxylic acid groups (broad SMARTS) is 1. The number of aliphatic carboxylic acids is 1. The van der Waals surface area contributed by atoms with Gasteiger partial charge in [0.1, 0.15) is 22.8 Å². The smallest absolute Gasteiger partial charge is 0.490 e. The van der Waals surface area contributed by atoms with Gasteiger partial charge in [0, 0.05) is 56.7 Å². The summed E-state index contributed by atoms with van der Waals surface area (Å²) in [6.07, 6.45) is 2.15. The third kappa shape index (κ3) is 8.39. The fourth-order valence-corrected chi connectivity index (χ4v) is 4.71. The molecule has 252 valence electrons. The number of aromatic nitrogens is 6. The van der Waals surface area contributed by atoms with Gasteiger partial charge in [0.15, 0.2) is 17.4 Å². The first-order valence-corrected chi connectivity index (χ1v) is 14.1. The number of nitrogen functional groups attached to an aromatic ring is 1. The van der Waals surface area contributed by atoms with E-state index in [2.05, 4.69) is 25.1 Å². The third-order valence-electron chi connectivity index (χ3n) is 7.20. The molecular weight excluding hydrogens is 632 g/mol. The van der Waals surface area contributed by atoms with Crippen molar-refractivity contribution in [1.29, 1.82) is 0 Å². The number of anilines is 1. The monoisotopic (exact) mass is 664 g/mol. The molecule has 1 aliphatic rings. The molecule has 0 amide bonds. The molecule has 1 aromatic carbocycles. The summed E-state index contributed by atoms with van der Waals surface area (Å²) in [6, 6.07) is 5.76. The van der Waals surface area contributed by atoms with Gasteiger partial charge in [-0.05, 0) is 18.9 Å². The van der Waals surface area contributed by atoms with Crippen molar-refractivity contribution in [2.45, 2.75) is 25.1 Å². The van der Waals surface area contributed by atoms with Crippen LogP contribution in [0.4, 0.5) is 23.4 Å². The van der Waals surface area contributed by atoms with Crippen LogP contribution in [0, 0.1) is 5.82 Å². The number of carboxylic acids is 1. The van der Waals surface area contributed by atoms with Crippen molar-refractivity contribution >= 4 is 11.8 Å². The second kappa shape index (κ2) is 15.0. The minimum Gasteiger partial charge on any atom is -0.497 e. The fraction of sp³-hybridized carbons (Fsp3) is 0.379. The molecule has 0 radical (unpaired) electrons. The first-order chi connectivity index (χ1) is 22.4. The van der Waals surface area contributed by atoms with Crippen LogP contribution in [0.2, 0.25) is 0 Å². The predicted molar refractivity (Wildman–Crippen MR) is 160 cm³/mol. The summed E-state index contributed by atoms with van der Waals surface area (Å²) >= 11 is 0. The standard InChI is InChI=1S/C27H31FN8O4.C2HF3O2/c1-38-11-10-34-8-6-18(7-9-34)35-16-17(14-31-35)21-15-30-27(29)26(32-21)20-4-5-24(37)36(33-20)22-12-19(39-2)13-23(40-3)25(22)28;3-2(4,5)1(6)7/h4-5,12-16,18H,6-11H2,1-3H3,(H2,29,30);(H,6,7). The van der Waals surface area contributed by atoms with Crippen LogP contribution in [0.5, 0.6) is 11.5 Å². The summed E-state index contributed by atoms with van der Waals surface area (Å²) in [4.78, 5) is 33.0. The van der Waals surface area contributed by atoms with E-state index in [4.69, 9.17) is 29.8 Å². The number of hydrogen-bond acceptors (Lipinski definition) is 11. The molecule has 18 heteroatoms. The number of methoxy groups -OCH3 is 3. The quantitative estimate of drug-likeness (QED) is 0.251. The van der Waals surface area contributed by atoms with Crippen molar-refractivity contribution in [1.82, 2.24) is 34.4 Å². The Balaban J connectivity index is 0.000000644. The molecule has 14 nitrogen and oxygen atoms in total. The average Bonchev–Trinajstić information content (AvgIpc) is 3.55. The Morgan fingerprint density at radius 3 is 2.40 bits per heavy atom. The Morgan fingerprint density at radius 1 is 1.09 bits per heavy atom. The Hall–Kier alpha value is -5.10. The number of carbonyl (C=O) groups is 1. The van der Waals surface area contributed by atoms with Crippen molar-refractivity contribution in [3.63, 3.8) is 0 Å². The lowest BCUT2D eigenvalue weighted by Gasteiger charge is -2.31. The molecule has 0 atom stereocenters. The van der Waals surface area contributed by atoms with Crippen LogP contribution in [0.25, 0.3) is 28.3 Å². The maximum atomic E-state index is 15.1. The van der Waals surface area contributed by atoms with Gasteiger partial charge in [0.05, 0.1) is 45.0 Å². The number of benzene rings is 1. The number of ether oxygens (including phenoxy) is 3. The van der Waals surface area contributed by atoms with Gasteiger partial charge in [-0.25, -0.2) is 19.2 Å². The van der Waals surface area contributed by atoms with Crippen LogP contribution in [-0.4, -0.2) is 99.3 Å². The molecule has 0 bridgehead atoms. The van der Waals surface area contributed by atoms with Gasteiger partial charge in [-0.3, -0.25) is 9.48 Å². The lowest BCUT2D eigenvalue weighted by molar-refractivity contribution is -0.192. The molecule has 47 heavy (non-hydrogen) atoms. The van der Waals surface area contributed by atoms with E-state index in [0.717, 1.165) is 49.3 Å². The zero-order valence-corrected chi connectivity index (χ0v) is 25.6. The van der Waals surface area contributed by atoms with Gasteiger partial charge < -0.3 is 30.0 Å². The van der Waals surface area contributed by atoms with Gasteiger partial charge in [-0.1, -0.05) is 0 Å². The molecule has 0 saturated carbocycles. The molecule has 1 aliphatic heterocycles. The molecule has 1 fully saturated rings. The van der Waals surface area contributed by atoms with E-state index in [1.54, 1.807) is 19.5 Å². The molecule has 1 saturated heterocycles. The molecule has 4 heterocycles. The zero-order valence-electron chi connectivity index (χ0n) is 25.6. The Labute approximate surface area is 265 Å². The molecule has 4 aromatic rings. The Morgan fingerprint density at radius 2 is 1.79 bits per heavy atom. The molecule has 3 N–H and O–H groups in total. The summed E-state index contributed by atoms with van der Waals surface area (Å²) in [5.41, 5.74) is 7.27. The van der Waals surface area contributed by atoms with E-state index >= 15 is 4.39 Å². The van der Waals surface area contributed by atoms with Crippen molar-refractivity contribution in [3.05, 3.63) is 59.0 Å². The van der Waals surface area contributed by atoms with Crippen LogP contribution in [0.3, 0.4) is 0 Å². The normalized spacial score (nSPS) is 13.9. The second-order valence-corrected chi connectivity index (χ2v) is 10.2. The van der Waals surface area contributed by atoms with Crippen LogP contribution in [0.1, 0.15) is 18.9 Å². The topological polar surface area (TPSA) is 173 Å². The van der Waals surface area contributed by atoms with E-state index in [1.807, 2.05) is 10.9 Å². The molecule has 0 aliphatic carbocycles. The molecule has 3 aromatic heterocycles. The van der Waals surface area contributed by atoms with Crippen molar-refractivity contribution in [2.75, 3.05) is 53.3 Å². The predicted octanol–water partition coefficient (Wildman–Crippen LogP) is 3.21. The Kier molecular flexibility index (Phi) is 11.1. The lowest BCUT2D eigenvalue weighted by atomic mass is 10.1. The highest BCUT2D eigenvalue weighted by atomic mass is 19.4. The van der Waals surface area contributed by atoms with E-state index < -0.39 is 23.5 Å². The van der Waals surface area contributed by atoms with E-state index in [9.17, 15) is 18.0 Å². The highest BCUT2D eigenvalue weighted by Crippen LogP contribution is 2.30. The average molecular weight is 665 g/mol. The maximum absolute atomic E-state index is 15.1. The van der Waals surface area contributed by atoms with Gasteiger partial charge in [0.2, 0.25) is 0 Å². The SMILES string of the molecule is COCCN1CCC(n2cc(-c3cnc(N)c(-c4ccc(=O)n(-c5cc(OC)cc(OC)c5F)n4)n3)cn2)CC1.O=C(O)C(F)(F)F. The van der Waals surface area contributed by atoms with Crippen LogP contribution < -0.4 is 20.8 Å². The van der Waals surface area contributed by atoms with E-state index in [0.29, 0.717) is 11.4 Å². The van der Waals surface area contributed by atoms with Gasteiger partial charge in [-0.2, -0.15) is 28.1 Å². The second-order valence-electron chi connectivity index (χ2n) is 10.2. The van der Waals surface area contributed by atoms with E-state index in [-0.39, 0.29) is 34.7 Å². The van der Waals surface area contributed by atoms with Crippen molar-refractivity contribution < 1.29 is 41.7 Å². The summed E-state index contributed by atoms with van der Waals surface area (Å²) in [5, 5.41) is 16.1. The number of rotatable bonds is 9. The van der Waals surface area contributed by atoms with Crippen molar-refractivity contribution in [3.8, 4) is 39.8 Å². The van der Waals surface area contributed by atoms with E-state index in [1.165, 1.54) is 38.5 Å². The first kappa shape index (κ1) is 34.8. The molecular formula is C29H32F4N8O6. The summed E-state index contributed by atoms with van der Waals surface area (Å²) in [6.45, 7) is 3.62. The maximum Gasteiger partial charge on any atom is 0.490 e. The lowest BCUT2D eigenvalue weighted by Crippen LogP contribution is -2.36. The van der Waals surface area contributed by atoms with Gasteiger partial charge in [0.25, 0.3) is 5.56 Å².